The molecule has 0 aliphatic heterocycles. The normalized spacial score (nSPS) is 10.9. The van der Waals surface area contributed by atoms with Gasteiger partial charge in [-0.05, 0) is 32.4 Å². The number of hydrogen-bond donors (Lipinski definition) is 1. The van der Waals surface area contributed by atoms with Gasteiger partial charge in [0.05, 0.1) is 6.61 Å². The van der Waals surface area contributed by atoms with Crippen LogP contribution in [0, 0.1) is 0 Å². The molecule has 1 rings (SSSR count). The lowest BCUT2D eigenvalue weighted by Gasteiger charge is -2.29. The highest BCUT2D eigenvalue weighted by molar-refractivity contribution is 5.54. The Balaban J connectivity index is 2.72. The van der Waals surface area contributed by atoms with Gasteiger partial charge in [-0.25, -0.2) is 0 Å². The molecule has 0 aliphatic rings. The van der Waals surface area contributed by atoms with E-state index in [0.29, 0.717) is 6.04 Å². The summed E-state index contributed by atoms with van der Waals surface area (Å²) in [6.07, 6.45) is 0. The van der Waals surface area contributed by atoms with Crippen LogP contribution in [-0.4, -0.2) is 32.8 Å². The number of methoxy groups -OCH3 is 1. The molecule has 102 valence electrons. The lowest BCUT2D eigenvalue weighted by Crippen LogP contribution is -2.32. The van der Waals surface area contributed by atoms with Gasteiger partial charge < -0.3 is 15.0 Å². The summed E-state index contributed by atoms with van der Waals surface area (Å²) < 4.78 is 5.04. The van der Waals surface area contributed by atoms with Crippen LogP contribution in [0.2, 0.25) is 0 Å². The molecule has 18 heavy (non-hydrogen) atoms. The van der Waals surface area contributed by atoms with E-state index in [4.69, 9.17) is 4.74 Å². The molecule has 0 amide bonds. The summed E-state index contributed by atoms with van der Waals surface area (Å²) in [5, 5.41) is 3.41. The van der Waals surface area contributed by atoms with Gasteiger partial charge >= 0.3 is 0 Å². The maximum Gasteiger partial charge on any atom is 0.0587 e. The molecule has 0 saturated heterocycles. The molecule has 1 N–H and O–H groups in total. The van der Waals surface area contributed by atoms with Crippen molar-refractivity contribution in [2.45, 2.75) is 33.4 Å². The van der Waals surface area contributed by atoms with Gasteiger partial charge in [0.1, 0.15) is 0 Å². The molecular formula is C15H26N2O. The van der Waals surface area contributed by atoms with Gasteiger partial charge in [0.25, 0.3) is 0 Å². The first-order chi connectivity index (χ1) is 8.70. The van der Waals surface area contributed by atoms with E-state index in [0.717, 1.165) is 26.2 Å². The topological polar surface area (TPSA) is 24.5 Å². The van der Waals surface area contributed by atoms with Crippen molar-refractivity contribution < 1.29 is 4.74 Å². The second-order valence-electron chi connectivity index (χ2n) is 4.68. The van der Waals surface area contributed by atoms with Crippen molar-refractivity contribution in [3.63, 3.8) is 0 Å². The molecule has 0 aromatic heterocycles. The standard InChI is InChI=1S/C15H26N2O/c1-5-17(13(2)3)15-9-7-6-8-14(15)12-16-10-11-18-4/h6-9,13,16H,5,10-12H2,1-4H3. The number of para-hydroxylation sites is 1. The van der Waals surface area contributed by atoms with Crippen LogP contribution in [0.1, 0.15) is 26.3 Å². The lowest BCUT2D eigenvalue weighted by molar-refractivity contribution is 0.199. The quantitative estimate of drug-likeness (QED) is 0.718. The molecule has 0 fully saturated rings. The average molecular weight is 250 g/mol. The Morgan fingerprint density at radius 3 is 2.61 bits per heavy atom. The first-order valence-electron chi connectivity index (χ1n) is 6.74. The number of hydrogen-bond acceptors (Lipinski definition) is 3. The van der Waals surface area contributed by atoms with Crippen molar-refractivity contribution >= 4 is 5.69 Å². The summed E-state index contributed by atoms with van der Waals surface area (Å²) in [6.45, 7) is 10.2. The monoisotopic (exact) mass is 250 g/mol. The maximum atomic E-state index is 5.04. The number of nitrogens with one attached hydrogen (secondary N) is 1. The van der Waals surface area contributed by atoms with Crippen molar-refractivity contribution in [3.8, 4) is 0 Å². The zero-order valence-corrected chi connectivity index (χ0v) is 12.1. The molecule has 3 nitrogen and oxygen atoms in total. The second kappa shape index (κ2) is 8.11. The fraction of sp³-hybridized carbons (Fsp3) is 0.600. The molecule has 0 heterocycles. The SMILES string of the molecule is CCN(c1ccccc1CNCCOC)C(C)C. The van der Waals surface area contributed by atoms with Gasteiger partial charge in [0.2, 0.25) is 0 Å². The second-order valence-corrected chi connectivity index (χ2v) is 4.68. The van der Waals surface area contributed by atoms with Gasteiger partial charge in [-0.1, -0.05) is 18.2 Å². The van der Waals surface area contributed by atoms with Crippen LogP contribution >= 0.6 is 0 Å². The van der Waals surface area contributed by atoms with E-state index in [1.807, 2.05) is 0 Å². The van der Waals surface area contributed by atoms with Crippen molar-refractivity contribution in [3.05, 3.63) is 29.8 Å². The summed E-state index contributed by atoms with van der Waals surface area (Å²) in [6, 6.07) is 9.14. The zero-order valence-electron chi connectivity index (χ0n) is 12.1. The molecule has 0 spiro atoms. The van der Waals surface area contributed by atoms with Crippen LogP contribution in [0.25, 0.3) is 0 Å². The predicted molar refractivity (Wildman–Crippen MR) is 78.2 cm³/mol. The molecular weight excluding hydrogens is 224 g/mol. The van der Waals surface area contributed by atoms with Gasteiger partial charge in [-0.15, -0.1) is 0 Å². The Morgan fingerprint density at radius 1 is 1.28 bits per heavy atom. The summed E-state index contributed by atoms with van der Waals surface area (Å²) in [5.41, 5.74) is 2.68. The largest absolute Gasteiger partial charge is 0.383 e. The van der Waals surface area contributed by atoms with E-state index in [1.54, 1.807) is 7.11 Å². The molecule has 0 radical (unpaired) electrons. The number of anilines is 1. The van der Waals surface area contributed by atoms with E-state index in [1.165, 1.54) is 11.3 Å². The fourth-order valence-corrected chi connectivity index (χ4v) is 2.15. The van der Waals surface area contributed by atoms with Gasteiger partial charge in [0, 0.05) is 38.5 Å². The molecule has 0 atom stereocenters. The lowest BCUT2D eigenvalue weighted by atomic mass is 10.1. The molecule has 0 aliphatic carbocycles. The summed E-state index contributed by atoms with van der Waals surface area (Å²) in [4.78, 5) is 2.42. The van der Waals surface area contributed by atoms with Crippen LogP contribution in [0.5, 0.6) is 0 Å². The fourth-order valence-electron chi connectivity index (χ4n) is 2.15. The molecule has 3 heteroatoms. The Hall–Kier alpha value is -1.06. The van der Waals surface area contributed by atoms with Crippen molar-refractivity contribution in [1.29, 1.82) is 0 Å². The molecule has 1 aromatic rings. The minimum Gasteiger partial charge on any atom is -0.383 e. The Morgan fingerprint density at radius 2 is 2.00 bits per heavy atom. The highest BCUT2D eigenvalue weighted by Crippen LogP contribution is 2.22. The predicted octanol–water partition coefficient (Wildman–Crippen LogP) is 2.66. The number of ether oxygens (including phenoxy) is 1. The number of nitrogens with zero attached hydrogens (tertiary/aromatic N) is 1. The van der Waals surface area contributed by atoms with E-state index in [-0.39, 0.29) is 0 Å². The summed E-state index contributed by atoms with van der Waals surface area (Å²) >= 11 is 0. The molecule has 0 bridgehead atoms. The first kappa shape index (κ1) is 15.0. The van der Waals surface area contributed by atoms with E-state index in [9.17, 15) is 0 Å². The van der Waals surface area contributed by atoms with E-state index < -0.39 is 0 Å². The van der Waals surface area contributed by atoms with Gasteiger partial charge in [-0.2, -0.15) is 0 Å². The third-order valence-corrected chi connectivity index (χ3v) is 3.06. The van der Waals surface area contributed by atoms with Gasteiger partial charge in [0.15, 0.2) is 0 Å². The number of benzene rings is 1. The molecule has 0 saturated carbocycles. The van der Waals surface area contributed by atoms with Crippen LogP contribution in [0.3, 0.4) is 0 Å². The smallest absolute Gasteiger partial charge is 0.0587 e. The van der Waals surface area contributed by atoms with Crippen LogP contribution < -0.4 is 10.2 Å². The van der Waals surface area contributed by atoms with Crippen LogP contribution in [0.4, 0.5) is 5.69 Å². The van der Waals surface area contributed by atoms with Crippen molar-refractivity contribution in [1.82, 2.24) is 5.32 Å². The maximum absolute atomic E-state index is 5.04. The van der Waals surface area contributed by atoms with Gasteiger partial charge in [-0.3, -0.25) is 0 Å². The third kappa shape index (κ3) is 4.31. The van der Waals surface area contributed by atoms with Crippen LogP contribution in [-0.2, 0) is 11.3 Å². The van der Waals surface area contributed by atoms with Crippen molar-refractivity contribution in [2.75, 3.05) is 31.7 Å². The summed E-state index contributed by atoms with van der Waals surface area (Å²) in [5.74, 6) is 0. The highest BCUT2D eigenvalue weighted by atomic mass is 16.5. The summed E-state index contributed by atoms with van der Waals surface area (Å²) in [7, 11) is 1.73. The molecule has 1 aromatic carbocycles. The Labute approximate surface area is 111 Å². The Bertz CT molecular complexity index is 339. The zero-order chi connectivity index (χ0) is 13.4. The van der Waals surface area contributed by atoms with E-state index in [2.05, 4.69) is 55.3 Å². The van der Waals surface area contributed by atoms with Crippen molar-refractivity contribution in [2.24, 2.45) is 0 Å². The minimum absolute atomic E-state index is 0.523. The average Bonchev–Trinajstić information content (AvgIpc) is 2.37. The first-order valence-corrected chi connectivity index (χ1v) is 6.74. The highest BCUT2D eigenvalue weighted by Gasteiger charge is 2.11. The van der Waals surface area contributed by atoms with E-state index >= 15 is 0 Å². The third-order valence-electron chi connectivity index (χ3n) is 3.06. The minimum atomic E-state index is 0.523. The van der Waals surface area contributed by atoms with Crippen LogP contribution in [0.15, 0.2) is 24.3 Å². The molecule has 0 unspecified atom stereocenters. The number of rotatable bonds is 8. The Kier molecular flexibility index (Phi) is 6.76.